The third-order valence-corrected chi connectivity index (χ3v) is 3.02. The van der Waals surface area contributed by atoms with Crippen molar-refractivity contribution in [3.8, 4) is 0 Å². The number of anilines is 1. The molecule has 1 aliphatic rings. The summed E-state index contributed by atoms with van der Waals surface area (Å²) >= 11 is 0. The van der Waals surface area contributed by atoms with Gasteiger partial charge in [-0.05, 0) is 37.5 Å². The van der Waals surface area contributed by atoms with Gasteiger partial charge in [0.05, 0.1) is 11.7 Å². The summed E-state index contributed by atoms with van der Waals surface area (Å²) in [5.74, 6) is -0.829. The normalized spacial score (nSPS) is 19.5. The fourth-order valence-corrected chi connectivity index (χ4v) is 2.00. The number of carbonyl (C=O) groups is 1. The molecule has 18 heavy (non-hydrogen) atoms. The Morgan fingerprint density at radius 3 is 3.06 bits per heavy atom. The fraction of sp³-hybridized carbons (Fsp3) is 0.462. The molecule has 1 amide bonds. The number of halogens is 1. The van der Waals surface area contributed by atoms with Crippen molar-refractivity contribution in [3.63, 3.8) is 0 Å². The van der Waals surface area contributed by atoms with Crippen molar-refractivity contribution in [2.45, 2.75) is 25.4 Å². The van der Waals surface area contributed by atoms with Crippen LogP contribution >= 0.6 is 0 Å². The molecule has 1 fully saturated rings. The Balaban J connectivity index is 1.92. The van der Waals surface area contributed by atoms with E-state index >= 15 is 0 Å². The van der Waals surface area contributed by atoms with Crippen LogP contribution in [0.15, 0.2) is 18.2 Å². The Hall–Kier alpha value is -1.62. The smallest absolute Gasteiger partial charge is 0.253 e. The first-order valence-corrected chi connectivity index (χ1v) is 6.11. The van der Waals surface area contributed by atoms with Crippen molar-refractivity contribution < 1.29 is 13.9 Å². The second-order valence-electron chi connectivity index (χ2n) is 4.43. The molecule has 1 aliphatic heterocycles. The lowest BCUT2D eigenvalue weighted by Crippen LogP contribution is -2.35. The van der Waals surface area contributed by atoms with Gasteiger partial charge in [0.1, 0.15) is 5.82 Å². The Morgan fingerprint density at radius 2 is 2.33 bits per heavy atom. The van der Waals surface area contributed by atoms with Crippen molar-refractivity contribution in [1.29, 1.82) is 0 Å². The first-order chi connectivity index (χ1) is 8.66. The molecule has 0 bridgehead atoms. The predicted octanol–water partition coefficient (Wildman–Crippen LogP) is 1.71. The molecule has 1 saturated heterocycles. The number of carbonyl (C=O) groups excluding carboxylic acids is 1. The molecule has 1 heterocycles. The van der Waals surface area contributed by atoms with E-state index in [-0.39, 0.29) is 23.3 Å². The summed E-state index contributed by atoms with van der Waals surface area (Å²) in [6.45, 7) is 1.18. The van der Waals surface area contributed by atoms with Crippen LogP contribution in [0.1, 0.15) is 29.6 Å². The van der Waals surface area contributed by atoms with Crippen LogP contribution in [0, 0.1) is 5.82 Å². The molecule has 1 atom stereocenters. The third kappa shape index (κ3) is 3.20. The lowest BCUT2D eigenvalue weighted by molar-refractivity contribution is 0.0169. The molecule has 0 spiro atoms. The van der Waals surface area contributed by atoms with E-state index in [0.29, 0.717) is 6.54 Å². The van der Waals surface area contributed by atoms with Crippen LogP contribution in [0.4, 0.5) is 10.1 Å². The van der Waals surface area contributed by atoms with Gasteiger partial charge < -0.3 is 15.8 Å². The van der Waals surface area contributed by atoms with E-state index in [2.05, 4.69) is 5.32 Å². The van der Waals surface area contributed by atoms with Crippen LogP contribution in [0.5, 0.6) is 0 Å². The highest BCUT2D eigenvalue weighted by atomic mass is 19.1. The third-order valence-electron chi connectivity index (χ3n) is 3.02. The van der Waals surface area contributed by atoms with Gasteiger partial charge in [-0.3, -0.25) is 4.79 Å². The molecule has 3 N–H and O–H groups in total. The number of hydrogen-bond donors (Lipinski definition) is 2. The maximum absolute atomic E-state index is 13.0. The van der Waals surface area contributed by atoms with Crippen LogP contribution in [0.25, 0.3) is 0 Å². The second kappa shape index (κ2) is 5.82. The second-order valence-corrected chi connectivity index (χ2v) is 4.43. The molecular formula is C13H17FN2O2. The maximum Gasteiger partial charge on any atom is 0.253 e. The van der Waals surface area contributed by atoms with Gasteiger partial charge in [0.2, 0.25) is 0 Å². The highest BCUT2D eigenvalue weighted by Gasteiger charge is 2.16. The van der Waals surface area contributed by atoms with E-state index in [9.17, 15) is 9.18 Å². The summed E-state index contributed by atoms with van der Waals surface area (Å²) in [6, 6.07) is 3.77. The zero-order chi connectivity index (χ0) is 13.0. The Morgan fingerprint density at radius 1 is 1.50 bits per heavy atom. The number of nitrogens with one attached hydrogen (secondary N) is 1. The molecule has 5 heteroatoms. The van der Waals surface area contributed by atoms with Gasteiger partial charge in [0.15, 0.2) is 0 Å². The van der Waals surface area contributed by atoms with Gasteiger partial charge in [-0.1, -0.05) is 0 Å². The average molecular weight is 252 g/mol. The number of amides is 1. The summed E-state index contributed by atoms with van der Waals surface area (Å²) in [4.78, 5) is 11.8. The highest BCUT2D eigenvalue weighted by Crippen LogP contribution is 2.14. The Kier molecular flexibility index (Phi) is 4.15. The predicted molar refractivity (Wildman–Crippen MR) is 66.7 cm³/mol. The van der Waals surface area contributed by atoms with Crippen LogP contribution in [-0.2, 0) is 4.74 Å². The van der Waals surface area contributed by atoms with Crippen molar-refractivity contribution >= 4 is 11.6 Å². The molecule has 0 radical (unpaired) electrons. The summed E-state index contributed by atoms with van der Waals surface area (Å²) in [6.07, 6.45) is 3.18. The molecule has 4 nitrogen and oxygen atoms in total. The SMILES string of the molecule is Nc1ccc(F)cc1C(=O)NCC1CCCCO1. The molecule has 0 saturated carbocycles. The maximum atomic E-state index is 13.0. The van der Waals surface area contributed by atoms with Gasteiger partial charge in [-0.15, -0.1) is 0 Å². The minimum atomic E-state index is -0.469. The van der Waals surface area contributed by atoms with Crippen molar-refractivity contribution in [2.75, 3.05) is 18.9 Å². The van der Waals surface area contributed by atoms with E-state index in [1.54, 1.807) is 0 Å². The Bertz CT molecular complexity index is 431. The van der Waals surface area contributed by atoms with E-state index < -0.39 is 5.82 Å². The zero-order valence-electron chi connectivity index (χ0n) is 10.1. The number of hydrogen-bond acceptors (Lipinski definition) is 3. The largest absolute Gasteiger partial charge is 0.398 e. The van der Waals surface area contributed by atoms with Crippen LogP contribution < -0.4 is 11.1 Å². The summed E-state index contributed by atoms with van der Waals surface area (Å²) < 4.78 is 18.5. The Labute approximate surface area is 105 Å². The van der Waals surface area contributed by atoms with Crippen LogP contribution in [0.3, 0.4) is 0 Å². The molecule has 0 aliphatic carbocycles. The minimum Gasteiger partial charge on any atom is -0.398 e. The molecule has 98 valence electrons. The first kappa shape index (κ1) is 12.8. The van der Waals surface area contributed by atoms with Gasteiger partial charge in [0.25, 0.3) is 5.91 Å². The quantitative estimate of drug-likeness (QED) is 0.805. The number of ether oxygens (including phenoxy) is 1. The van der Waals surface area contributed by atoms with Crippen molar-refractivity contribution in [3.05, 3.63) is 29.6 Å². The summed E-state index contributed by atoms with van der Waals surface area (Å²) in [5, 5.41) is 2.73. The van der Waals surface area contributed by atoms with Crippen molar-refractivity contribution in [1.82, 2.24) is 5.32 Å². The number of nitrogens with two attached hydrogens (primary N) is 1. The van der Waals surface area contributed by atoms with Gasteiger partial charge in [0, 0.05) is 18.8 Å². The van der Waals surface area contributed by atoms with Gasteiger partial charge in [-0.2, -0.15) is 0 Å². The number of rotatable bonds is 3. The zero-order valence-corrected chi connectivity index (χ0v) is 10.1. The van der Waals surface area contributed by atoms with E-state index in [1.807, 2.05) is 0 Å². The van der Waals surface area contributed by atoms with E-state index in [1.165, 1.54) is 12.1 Å². The minimum absolute atomic E-state index is 0.0532. The van der Waals surface area contributed by atoms with Crippen LogP contribution in [-0.4, -0.2) is 25.2 Å². The molecule has 1 unspecified atom stereocenters. The summed E-state index contributed by atoms with van der Waals surface area (Å²) in [5.41, 5.74) is 6.09. The monoisotopic (exact) mass is 252 g/mol. The highest BCUT2D eigenvalue weighted by molar-refractivity contribution is 5.99. The van der Waals surface area contributed by atoms with E-state index in [0.717, 1.165) is 31.9 Å². The lowest BCUT2D eigenvalue weighted by Gasteiger charge is -2.22. The van der Waals surface area contributed by atoms with Gasteiger partial charge in [-0.25, -0.2) is 4.39 Å². The van der Waals surface area contributed by atoms with Crippen LogP contribution in [0.2, 0.25) is 0 Å². The lowest BCUT2D eigenvalue weighted by atomic mass is 10.1. The fourth-order valence-electron chi connectivity index (χ4n) is 2.00. The van der Waals surface area contributed by atoms with E-state index in [4.69, 9.17) is 10.5 Å². The molecule has 1 aromatic carbocycles. The number of nitrogen functional groups attached to an aromatic ring is 1. The standard InChI is InChI=1S/C13H17FN2O2/c14-9-4-5-12(15)11(7-9)13(17)16-8-10-3-1-2-6-18-10/h4-5,7,10H,1-3,6,8,15H2,(H,16,17). The van der Waals surface area contributed by atoms with Crippen molar-refractivity contribution in [2.24, 2.45) is 0 Å². The summed E-state index contributed by atoms with van der Waals surface area (Å²) in [7, 11) is 0. The molecule has 1 aromatic rings. The van der Waals surface area contributed by atoms with Gasteiger partial charge >= 0.3 is 0 Å². The average Bonchev–Trinajstić information content (AvgIpc) is 2.40. The topological polar surface area (TPSA) is 64.4 Å². The first-order valence-electron chi connectivity index (χ1n) is 6.11. The number of benzene rings is 1. The molecule has 2 rings (SSSR count). The molecule has 0 aromatic heterocycles. The molecular weight excluding hydrogens is 235 g/mol.